The van der Waals surface area contributed by atoms with Crippen LogP contribution < -0.4 is 5.32 Å². The van der Waals surface area contributed by atoms with Gasteiger partial charge in [-0.3, -0.25) is 4.79 Å². The zero-order valence-corrected chi connectivity index (χ0v) is 13.4. The average molecular weight is 320 g/mol. The van der Waals surface area contributed by atoms with E-state index in [0.29, 0.717) is 13.1 Å². The molecule has 5 nitrogen and oxygen atoms in total. The molecule has 1 aliphatic heterocycles. The molecule has 0 radical (unpaired) electrons. The molecular formula is C19H20N4O. The first-order chi connectivity index (χ1) is 11.8. The highest BCUT2D eigenvalue weighted by Gasteiger charge is 2.28. The zero-order chi connectivity index (χ0) is 16.4. The van der Waals surface area contributed by atoms with E-state index < -0.39 is 0 Å². The van der Waals surface area contributed by atoms with E-state index in [1.165, 1.54) is 5.56 Å². The van der Waals surface area contributed by atoms with Gasteiger partial charge < -0.3 is 14.6 Å². The van der Waals surface area contributed by atoms with Crippen molar-refractivity contribution in [1.82, 2.24) is 19.6 Å². The number of pyridine rings is 1. The van der Waals surface area contributed by atoms with Gasteiger partial charge in [0.2, 0.25) is 5.91 Å². The molecule has 0 saturated carbocycles. The number of carbonyl (C=O) groups excluding carboxylic acids is 1. The van der Waals surface area contributed by atoms with Crippen LogP contribution in [0.4, 0.5) is 0 Å². The van der Waals surface area contributed by atoms with Crippen LogP contribution in [0.3, 0.4) is 0 Å². The maximum Gasteiger partial charge on any atom is 0.237 e. The molecule has 4 rings (SSSR count). The minimum Gasteiger partial charge on any atom is -0.331 e. The molecule has 1 saturated heterocycles. The Hall–Kier alpha value is -2.66. The van der Waals surface area contributed by atoms with Crippen molar-refractivity contribution in [2.75, 3.05) is 13.1 Å². The zero-order valence-electron chi connectivity index (χ0n) is 13.4. The highest BCUT2D eigenvalue weighted by molar-refractivity contribution is 5.79. The number of hydrogen-bond donors (Lipinski definition) is 1. The second-order valence-corrected chi connectivity index (χ2v) is 6.17. The lowest BCUT2D eigenvalue weighted by Crippen LogP contribution is -2.55. The second kappa shape index (κ2) is 6.45. The van der Waals surface area contributed by atoms with Gasteiger partial charge in [-0.15, -0.1) is 0 Å². The van der Waals surface area contributed by atoms with Crippen LogP contribution in [-0.4, -0.2) is 39.3 Å². The smallest absolute Gasteiger partial charge is 0.237 e. The molecule has 0 unspecified atom stereocenters. The van der Waals surface area contributed by atoms with Gasteiger partial charge in [-0.2, -0.15) is 0 Å². The first kappa shape index (κ1) is 14.9. The Bertz CT molecular complexity index is 843. The minimum atomic E-state index is 0.146. The highest BCUT2D eigenvalue weighted by atomic mass is 16.2. The predicted molar refractivity (Wildman–Crippen MR) is 92.5 cm³/mol. The third-order valence-corrected chi connectivity index (χ3v) is 4.56. The van der Waals surface area contributed by atoms with E-state index in [4.69, 9.17) is 0 Å². The number of nitrogens with zero attached hydrogens (tertiary/aromatic N) is 3. The Balaban J connectivity index is 1.59. The quantitative estimate of drug-likeness (QED) is 0.798. The molecule has 5 heteroatoms. The fourth-order valence-corrected chi connectivity index (χ4v) is 3.32. The van der Waals surface area contributed by atoms with Crippen molar-refractivity contribution >= 4 is 11.6 Å². The van der Waals surface area contributed by atoms with Gasteiger partial charge in [0, 0.05) is 18.8 Å². The fourth-order valence-electron chi connectivity index (χ4n) is 3.32. The summed E-state index contributed by atoms with van der Waals surface area (Å²) in [4.78, 5) is 18.9. The lowest BCUT2D eigenvalue weighted by Gasteiger charge is -2.36. The van der Waals surface area contributed by atoms with Crippen LogP contribution in [0.15, 0.2) is 60.9 Å². The lowest BCUT2D eigenvalue weighted by molar-refractivity contribution is -0.135. The van der Waals surface area contributed by atoms with Crippen molar-refractivity contribution in [3.8, 4) is 0 Å². The van der Waals surface area contributed by atoms with Crippen LogP contribution in [-0.2, 0) is 17.8 Å². The maximum atomic E-state index is 12.5. The third-order valence-electron chi connectivity index (χ3n) is 4.56. The van der Waals surface area contributed by atoms with Gasteiger partial charge in [0.15, 0.2) is 0 Å². The number of rotatable bonds is 4. The summed E-state index contributed by atoms with van der Waals surface area (Å²) in [5.41, 5.74) is 3.20. The van der Waals surface area contributed by atoms with Crippen LogP contribution >= 0.6 is 0 Å². The van der Waals surface area contributed by atoms with Crippen LogP contribution in [0.5, 0.6) is 0 Å². The van der Waals surface area contributed by atoms with Gasteiger partial charge >= 0.3 is 0 Å². The molecule has 24 heavy (non-hydrogen) atoms. The summed E-state index contributed by atoms with van der Waals surface area (Å²) >= 11 is 0. The third kappa shape index (κ3) is 2.90. The van der Waals surface area contributed by atoms with Crippen molar-refractivity contribution < 1.29 is 4.79 Å². The van der Waals surface area contributed by atoms with Crippen molar-refractivity contribution in [3.63, 3.8) is 0 Å². The topological polar surface area (TPSA) is 49.6 Å². The number of carbonyl (C=O) groups is 1. The van der Waals surface area contributed by atoms with E-state index in [2.05, 4.69) is 26.8 Å². The van der Waals surface area contributed by atoms with E-state index >= 15 is 0 Å². The van der Waals surface area contributed by atoms with Gasteiger partial charge in [0.25, 0.3) is 0 Å². The highest BCUT2D eigenvalue weighted by Crippen LogP contribution is 2.16. The van der Waals surface area contributed by atoms with Gasteiger partial charge in [-0.25, -0.2) is 4.98 Å². The van der Waals surface area contributed by atoms with Crippen molar-refractivity contribution in [2.45, 2.75) is 19.0 Å². The second-order valence-electron chi connectivity index (χ2n) is 6.17. The van der Waals surface area contributed by atoms with E-state index in [9.17, 15) is 4.79 Å². The number of fused-ring (bicyclic) bond motifs is 1. The first-order valence-corrected chi connectivity index (χ1v) is 8.26. The Kier molecular flexibility index (Phi) is 4.01. The fraction of sp³-hybridized carbons (Fsp3) is 0.263. The minimum absolute atomic E-state index is 0.146. The summed E-state index contributed by atoms with van der Waals surface area (Å²) in [5.74, 6) is 0.146. The number of imidazole rings is 1. The monoisotopic (exact) mass is 320 g/mol. The molecule has 2 aromatic heterocycles. The van der Waals surface area contributed by atoms with Gasteiger partial charge in [-0.05, 0) is 24.1 Å². The Morgan fingerprint density at radius 3 is 2.83 bits per heavy atom. The van der Waals surface area contributed by atoms with Crippen molar-refractivity contribution in [3.05, 3.63) is 72.2 Å². The normalized spacial score (nSPS) is 18.2. The summed E-state index contributed by atoms with van der Waals surface area (Å²) < 4.78 is 2.05. The molecule has 1 amide bonds. The number of hydrogen-bond acceptors (Lipinski definition) is 3. The molecule has 122 valence electrons. The molecule has 1 N–H and O–H groups in total. The molecule has 1 aromatic carbocycles. The Morgan fingerprint density at radius 1 is 1.12 bits per heavy atom. The molecule has 1 fully saturated rings. The SMILES string of the molecule is O=C1CNC[C@H](Cc2ccccc2)N1Cc1cnc2ccccn12. The van der Waals surface area contributed by atoms with Crippen molar-refractivity contribution in [1.29, 1.82) is 0 Å². The van der Waals surface area contributed by atoms with E-state index in [-0.39, 0.29) is 11.9 Å². The summed E-state index contributed by atoms with van der Waals surface area (Å²) in [6.07, 6.45) is 4.72. The summed E-state index contributed by atoms with van der Waals surface area (Å²) in [7, 11) is 0. The summed E-state index contributed by atoms with van der Waals surface area (Å²) in [6, 6.07) is 16.4. The van der Waals surface area contributed by atoms with Gasteiger partial charge in [-0.1, -0.05) is 36.4 Å². The largest absolute Gasteiger partial charge is 0.331 e. The summed E-state index contributed by atoms with van der Waals surface area (Å²) in [5, 5.41) is 3.24. The van der Waals surface area contributed by atoms with Crippen molar-refractivity contribution in [2.24, 2.45) is 0 Å². The molecule has 1 atom stereocenters. The van der Waals surface area contributed by atoms with Crippen LogP contribution in [0.25, 0.3) is 5.65 Å². The number of nitrogens with one attached hydrogen (secondary N) is 1. The number of amides is 1. The maximum absolute atomic E-state index is 12.5. The van der Waals surface area contributed by atoms with E-state index in [1.54, 1.807) is 0 Å². The molecule has 0 aliphatic carbocycles. The molecule has 3 aromatic rings. The van der Waals surface area contributed by atoms with Gasteiger partial charge in [0.1, 0.15) is 5.65 Å². The van der Waals surface area contributed by atoms with E-state index in [0.717, 1.165) is 24.3 Å². The average Bonchev–Trinajstić information content (AvgIpc) is 3.02. The Labute approximate surface area is 140 Å². The lowest BCUT2D eigenvalue weighted by atomic mass is 10.0. The molecule has 0 bridgehead atoms. The predicted octanol–water partition coefficient (Wildman–Crippen LogP) is 1.88. The van der Waals surface area contributed by atoms with Crippen LogP contribution in [0, 0.1) is 0 Å². The van der Waals surface area contributed by atoms with Crippen LogP contribution in [0.2, 0.25) is 0 Å². The number of benzene rings is 1. The van der Waals surface area contributed by atoms with E-state index in [1.807, 2.05) is 53.7 Å². The number of piperazine rings is 1. The first-order valence-electron chi connectivity index (χ1n) is 8.26. The number of aromatic nitrogens is 2. The molecular weight excluding hydrogens is 300 g/mol. The summed E-state index contributed by atoms with van der Waals surface area (Å²) in [6.45, 7) is 1.81. The van der Waals surface area contributed by atoms with Gasteiger partial charge in [0.05, 0.1) is 25.0 Å². The molecule has 0 spiro atoms. The van der Waals surface area contributed by atoms with Crippen LogP contribution in [0.1, 0.15) is 11.3 Å². The molecule has 3 heterocycles. The standard InChI is InChI=1S/C19H20N4O/c24-19-13-20-11-16(10-15-6-2-1-3-7-15)23(19)14-17-12-21-18-8-4-5-9-22(17)18/h1-9,12,16,20H,10-11,13-14H2/t16-/m0/s1. The Morgan fingerprint density at radius 2 is 1.96 bits per heavy atom. The molecule has 1 aliphatic rings.